The monoisotopic (exact) mass is 262 g/mol. The minimum absolute atomic E-state index is 0.331. The smallest absolute Gasteiger partial charge is 0.308 e. The third kappa shape index (κ3) is 2.45. The van der Waals surface area contributed by atoms with E-state index in [-0.39, 0.29) is 5.97 Å². The van der Waals surface area contributed by atoms with Crippen LogP contribution in [0.25, 0.3) is 0 Å². The van der Waals surface area contributed by atoms with Gasteiger partial charge in [0.15, 0.2) is 0 Å². The van der Waals surface area contributed by atoms with Crippen LogP contribution in [0, 0.1) is 9.77 Å². The summed E-state index contributed by atoms with van der Waals surface area (Å²) in [7, 11) is 0. The summed E-state index contributed by atoms with van der Waals surface area (Å²) in [6.45, 7) is 1.36. The molecule has 0 saturated heterocycles. The number of esters is 1. The summed E-state index contributed by atoms with van der Waals surface area (Å²) >= 11 is 2.03. The Morgan fingerprint density at radius 3 is 3.09 bits per heavy atom. The van der Waals surface area contributed by atoms with Gasteiger partial charge < -0.3 is 4.74 Å². The molecule has 3 nitrogen and oxygen atoms in total. The Balaban J connectivity index is 2.86. The lowest BCUT2D eigenvalue weighted by Crippen LogP contribution is -2.02. The number of ether oxygens (including phenoxy) is 1. The molecule has 0 spiro atoms. The van der Waals surface area contributed by atoms with Gasteiger partial charge in [0.2, 0.25) is 0 Å². The van der Waals surface area contributed by atoms with Crippen molar-refractivity contribution in [2.24, 2.45) is 0 Å². The van der Waals surface area contributed by atoms with Crippen molar-refractivity contribution < 1.29 is 9.53 Å². The van der Waals surface area contributed by atoms with Crippen molar-refractivity contribution in [3.63, 3.8) is 0 Å². The lowest BCUT2D eigenvalue weighted by Gasteiger charge is -2.00. The molecule has 0 amide bonds. The summed E-state index contributed by atoms with van der Waals surface area (Å²) in [5, 5.41) is 0. The van der Waals surface area contributed by atoms with Crippen LogP contribution >= 0.6 is 22.6 Å². The topological polar surface area (TPSA) is 39.2 Å². The maximum absolute atomic E-state index is 10.5. The Morgan fingerprint density at radius 1 is 1.82 bits per heavy atom. The van der Waals surface area contributed by atoms with Crippen LogP contribution in [0.15, 0.2) is 12.3 Å². The summed E-state index contributed by atoms with van der Waals surface area (Å²) in [5.41, 5.74) is 0. The van der Waals surface area contributed by atoms with E-state index in [1.807, 2.05) is 22.6 Å². The lowest BCUT2D eigenvalue weighted by atomic mass is 10.4. The summed E-state index contributed by atoms with van der Waals surface area (Å²) < 4.78 is 5.63. The second kappa shape index (κ2) is 3.66. The van der Waals surface area contributed by atoms with E-state index < -0.39 is 0 Å². The number of halogens is 1. The highest BCUT2D eigenvalue weighted by atomic mass is 127. The molecule has 1 rings (SSSR count). The largest absolute Gasteiger partial charge is 0.425 e. The highest BCUT2D eigenvalue weighted by molar-refractivity contribution is 14.1. The van der Waals surface area contributed by atoms with Gasteiger partial charge in [0.05, 0.1) is 9.77 Å². The molecule has 0 aromatic carbocycles. The SMILES string of the molecule is CC(=O)Oc1c[c]ncc1I. The Morgan fingerprint density at radius 2 is 2.55 bits per heavy atom. The maximum atomic E-state index is 10.5. The Bertz CT molecular complexity index is 275. The summed E-state index contributed by atoms with van der Waals surface area (Å²) in [6.07, 6.45) is 4.16. The van der Waals surface area contributed by atoms with Gasteiger partial charge >= 0.3 is 5.97 Å². The van der Waals surface area contributed by atoms with Crippen molar-refractivity contribution in [3.05, 3.63) is 22.0 Å². The van der Waals surface area contributed by atoms with Crippen LogP contribution in [0.3, 0.4) is 0 Å². The first-order valence-electron chi connectivity index (χ1n) is 2.90. The predicted molar refractivity (Wildman–Crippen MR) is 47.1 cm³/mol. The van der Waals surface area contributed by atoms with E-state index in [9.17, 15) is 4.79 Å². The molecule has 1 heterocycles. The molecule has 0 N–H and O–H groups in total. The lowest BCUT2D eigenvalue weighted by molar-refractivity contribution is -0.131. The first-order valence-corrected chi connectivity index (χ1v) is 3.98. The maximum Gasteiger partial charge on any atom is 0.308 e. The number of rotatable bonds is 1. The third-order valence-corrected chi connectivity index (χ3v) is 1.75. The number of hydrogen-bond acceptors (Lipinski definition) is 3. The third-order valence-electron chi connectivity index (χ3n) is 0.937. The number of carbonyl (C=O) groups excluding carboxylic acids is 1. The zero-order valence-corrected chi connectivity index (χ0v) is 7.95. The summed E-state index contributed by atoms with van der Waals surface area (Å²) in [4.78, 5) is 14.2. The van der Waals surface area contributed by atoms with Crippen LogP contribution in [0.2, 0.25) is 0 Å². The Labute approximate surface area is 77.9 Å². The number of hydrogen-bond donors (Lipinski definition) is 0. The molecule has 4 heteroatoms. The van der Waals surface area contributed by atoms with Gasteiger partial charge in [-0.25, -0.2) is 0 Å². The Hall–Kier alpha value is -0.650. The number of carbonyl (C=O) groups is 1. The molecule has 0 saturated carbocycles. The molecule has 0 aliphatic heterocycles. The first-order chi connectivity index (χ1) is 5.20. The van der Waals surface area contributed by atoms with Gasteiger partial charge in [0.1, 0.15) is 5.75 Å². The van der Waals surface area contributed by atoms with Crippen LogP contribution in [-0.2, 0) is 4.79 Å². The zero-order chi connectivity index (χ0) is 8.27. The van der Waals surface area contributed by atoms with E-state index in [1.54, 1.807) is 6.20 Å². The molecular formula is C7H5INO2. The highest BCUT2D eigenvalue weighted by Crippen LogP contribution is 2.17. The molecule has 1 aromatic heterocycles. The van der Waals surface area contributed by atoms with Crippen molar-refractivity contribution >= 4 is 28.6 Å². The minimum Gasteiger partial charge on any atom is -0.425 e. The molecule has 0 unspecified atom stereocenters. The molecule has 0 bridgehead atoms. The van der Waals surface area contributed by atoms with Gasteiger partial charge in [-0.05, 0) is 22.6 Å². The molecule has 0 atom stereocenters. The van der Waals surface area contributed by atoms with Crippen molar-refractivity contribution in [2.45, 2.75) is 6.92 Å². The minimum atomic E-state index is -0.331. The number of pyridine rings is 1. The van der Waals surface area contributed by atoms with Crippen molar-refractivity contribution in [1.29, 1.82) is 0 Å². The highest BCUT2D eigenvalue weighted by Gasteiger charge is 2.01. The first kappa shape index (κ1) is 8.45. The molecule has 11 heavy (non-hydrogen) atoms. The van der Waals surface area contributed by atoms with Crippen LogP contribution < -0.4 is 4.74 Å². The molecule has 57 valence electrons. The molecule has 0 fully saturated rings. The zero-order valence-electron chi connectivity index (χ0n) is 5.80. The van der Waals surface area contributed by atoms with Crippen LogP contribution in [0.4, 0.5) is 0 Å². The van der Waals surface area contributed by atoms with Crippen LogP contribution in [-0.4, -0.2) is 11.0 Å². The van der Waals surface area contributed by atoms with Crippen molar-refractivity contribution in [3.8, 4) is 5.75 Å². The fourth-order valence-electron chi connectivity index (χ4n) is 0.555. The normalized spacial score (nSPS) is 9.27. The predicted octanol–water partition coefficient (Wildman–Crippen LogP) is 1.41. The fraction of sp³-hybridized carbons (Fsp3) is 0.143. The average molecular weight is 262 g/mol. The Kier molecular flexibility index (Phi) is 2.81. The van der Waals surface area contributed by atoms with Gasteiger partial charge in [-0.3, -0.25) is 9.78 Å². The van der Waals surface area contributed by atoms with Crippen molar-refractivity contribution in [2.75, 3.05) is 0 Å². The molecule has 1 radical (unpaired) electrons. The van der Waals surface area contributed by atoms with Gasteiger partial charge in [-0.15, -0.1) is 0 Å². The fourth-order valence-corrected chi connectivity index (χ4v) is 0.961. The van der Waals surface area contributed by atoms with E-state index in [1.165, 1.54) is 13.0 Å². The van der Waals surface area contributed by atoms with E-state index in [4.69, 9.17) is 4.74 Å². The second-order valence-electron chi connectivity index (χ2n) is 1.84. The standard InChI is InChI=1S/C7H5INO2/c1-5(10)11-7-2-3-9-4-6(7)8/h2,4H,1H3. The van der Waals surface area contributed by atoms with Gasteiger partial charge in [0.25, 0.3) is 0 Å². The molecule has 1 aromatic rings. The number of nitrogens with zero attached hydrogens (tertiary/aromatic N) is 1. The van der Waals surface area contributed by atoms with Crippen LogP contribution in [0.1, 0.15) is 6.92 Å². The molecule has 0 aliphatic carbocycles. The van der Waals surface area contributed by atoms with E-state index in [0.29, 0.717) is 5.75 Å². The van der Waals surface area contributed by atoms with Crippen LogP contribution in [0.5, 0.6) is 5.75 Å². The molecule has 0 aliphatic rings. The van der Waals surface area contributed by atoms with Crippen molar-refractivity contribution in [1.82, 2.24) is 4.98 Å². The second-order valence-corrected chi connectivity index (χ2v) is 3.00. The van der Waals surface area contributed by atoms with Gasteiger partial charge in [-0.2, -0.15) is 0 Å². The van der Waals surface area contributed by atoms with Gasteiger partial charge in [0, 0.05) is 19.2 Å². The quantitative estimate of drug-likeness (QED) is 0.567. The van der Waals surface area contributed by atoms with E-state index >= 15 is 0 Å². The average Bonchev–Trinajstić information content (AvgIpc) is 1.93. The molecular weight excluding hydrogens is 257 g/mol. The van der Waals surface area contributed by atoms with Gasteiger partial charge in [-0.1, -0.05) is 0 Å². The number of aromatic nitrogens is 1. The van der Waals surface area contributed by atoms with E-state index in [2.05, 4.69) is 11.2 Å². The summed E-state index contributed by atoms with van der Waals surface area (Å²) in [5.74, 6) is 0.176. The summed E-state index contributed by atoms with van der Waals surface area (Å²) in [6, 6.07) is 1.53. The van der Waals surface area contributed by atoms with E-state index in [0.717, 1.165) is 3.57 Å².